The number of hydrogen-bond acceptors (Lipinski definition) is 6. The zero-order valence-corrected chi connectivity index (χ0v) is 16.9. The van der Waals surface area contributed by atoms with Gasteiger partial charge in [0.2, 0.25) is 5.82 Å². The van der Waals surface area contributed by atoms with Crippen LogP contribution >= 0.6 is 0 Å². The van der Waals surface area contributed by atoms with E-state index in [1.807, 2.05) is 6.07 Å². The maximum absolute atomic E-state index is 13.7. The Balaban J connectivity index is 1.54. The van der Waals surface area contributed by atoms with Gasteiger partial charge in [0, 0.05) is 17.2 Å². The van der Waals surface area contributed by atoms with Crippen molar-refractivity contribution >= 4 is 11.9 Å². The second kappa shape index (κ2) is 9.30. The molecule has 0 saturated heterocycles. The summed E-state index contributed by atoms with van der Waals surface area (Å²) < 4.78 is 24.2. The largest absolute Gasteiger partial charge is 0.452 e. The van der Waals surface area contributed by atoms with E-state index in [0.717, 1.165) is 0 Å². The number of carbonyl (C=O) groups excluding carboxylic acids is 2. The van der Waals surface area contributed by atoms with Crippen LogP contribution in [0.5, 0.6) is 0 Å². The van der Waals surface area contributed by atoms with Gasteiger partial charge in [-0.1, -0.05) is 35.5 Å². The van der Waals surface area contributed by atoms with Crippen LogP contribution in [-0.4, -0.2) is 28.1 Å². The zero-order valence-electron chi connectivity index (χ0n) is 16.9. The molecule has 156 valence electrons. The van der Waals surface area contributed by atoms with Crippen molar-refractivity contribution in [1.29, 1.82) is 0 Å². The Morgan fingerprint density at radius 2 is 1.90 bits per heavy atom. The predicted molar refractivity (Wildman–Crippen MR) is 107 cm³/mol. The van der Waals surface area contributed by atoms with E-state index in [0.29, 0.717) is 16.7 Å². The van der Waals surface area contributed by atoms with Crippen molar-refractivity contribution in [2.45, 2.75) is 39.3 Å². The molecule has 2 atom stereocenters. The molecular formula is C22H22FN3O4. The van der Waals surface area contributed by atoms with Crippen molar-refractivity contribution in [2.75, 3.05) is 0 Å². The first-order valence-electron chi connectivity index (χ1n) is 9.49. The van der Waals surface area contributed by atoms with Gasteiger partial charge in [0.15, 0.2) is 6.10 Å². The standard InChI is InChI=1S/C22H22FN3O4/c1-13-9-10-17(12-18(13)23)20-25-22(30-26-20)15(3)29-19(27)11-14(2)24-21(28)16-7-5-4-6-8-16/h4-10,12,14-15H,11H2,1-3H3,(H,24,28). The normalized spacial score (nSPS) is 12.8. The third-order valence-electron chi connectivity index (χ3n) is 4.41. The van der Waals surface area contributed by atoms with E-state index in [2.05, 4.69) is 15.5 Å². The van der Waals surface area contributed by atoms with Crippen molar-refractivity contribution < 1.29 is 23.2 Å². The molecule has 0 aliphatic rings. The van der Waals surface area contributed by atoms with Crippen LogP contribution in [0.2, 0.25) is 0 Å². The number of rotatable bonds is 7. The van der Waals surface area contributed by atoms with Gasteiger partial charge in [-0.05, 0) is 44.5 Å². The maximum Gasteiger partial charge on any atom is 0.308 e. The Morgan fingerprint density at radius 1 is 1.17 bits per heavy atom. The highest BCUT2D eigenvalue weighted by Gasteiger charge is 2.21. The van der Waals surface area contributed by atoms with Crippen molar-refractivity contribution in [3.63, 3.8) is 0 Å². The zero-order chi connectivity index (χ0) is 21.7. The number of carbonyl (C=O) groups is 2. The Labute approximate surface area is 173 Å². The van der Waals surface area contributed by atoms with E-state index < -0.39 is 18.1 Å². The average Bonchev–Trinajstić information content (AvgIpc) is 3.21. The van der Waals surface area contributed by atoms with Crippen molar-refractivity contribution in [3.8, 4) is 11.4 Å². The van der Waals surface area contributed by atoms with Crippen LogP contribution in [0.15, 0.2) is 53.1 Å². The third kappa shape index (κ3) is 5.28. The molecule has 3 rings (SSSR count). The summed E-state index contributed by atoms with van der Waals surface area (Å²) in [5.74, 6) is -0.860. The monoisotopic (exact) mass is 411 g/mol. The van der Waals surface area contributed by atoms with Crippen LogP contribution < -0.4 is 5.32 Å². The van der Waals surface area contributed by atoms with E-state index in [1.54, 1.807) is 57.2 Å². The average molecular weight is 411 g/mol. The van der Waals surface area contributed by atoms with Gasteiger partial charge in [-0.15, -0.1) is 0 Å². The molecule has 2 aromatic carbocycles. The number of amides is 1. The maximum atomic E-state index is 13.7. The molecule has 1 amide bonds. The smallest absolute Gasteiger partial charge is 0.308 e. The minimum absolute atomic E-state index is 0.0208. The van der Waals surface area contributed by atoms with Crippen LogP contribution in [0, 0.1) is 12.7 Å². The SMILES string of the molecule is Cc1ccc(-c2noc(C(C)OC(=O)CC(C)NC(=O)c3ccccc3)n2)cc1F. The number of benzene rings is 2. The molecule has 0 fully saturated rings. The van der Waals surface area contributed by atoms with Gasteiger partial charge in [-0.3, -0.25) is 9.59 Å². The Hall–Kier alpha value is -3.55. The van der Waals surface area contributed by atoms with E-state index in [1.165, 1.54) is 6.07 Å². The quantitative estimate of drug-likeness (QED) is 0.591. The topological polar surface area (TPSA) is 94.3 Å². The van der Waals surface area contributed by atoms with Gasteiger partial charge in [-0.2, -0.15) is 4.98 Å². The molecule has 30 heavy (non-hydrogen) atoms. The molecule has 2 unspecified atom stereocenters. The highest BCUT2D eigenvalue weighted by Crippen LogP contribution is 2.22. The van der Waals surface area contributed by atoms with Crippen LogP contribution in [-0.2, 0) is 9.53 Å². The fourth-order valence-corrected chi connectivity index (χ4v) is 2.74. The van der Waals surface area contributed by atoms with Gasteiger partial charge < -0.3 is 14.6 Å². The molecule has 8 heteroatoms. The number of aryl methyl sites for hydroxylation is 1. The summed E-state index contributed by atoms with van der Waals surface area (Å²) in [7, 11) is 0. The summed E-state index contributed by atoms with van der Waals surface area (Å²) in [6.07, 6.45) is -0.807. The number of esters is 1. The van der Waals surface area contributed by atoms with Gasteiger partial charge in [0.1, 0.15) is 5.82 Å². The Morgan fingerprint density at radius 3 is 2.60 bits per heavy atom. The molecular weight excluding hydrogens is 389 g/mol. The molecule has 1 aromatic heterocycles. The summed E-state index contributed by atoms with van der Waals surface area (Å²) in [6, 6.07) is 12.9. The van der Waals surface area contributed by atoms with E-state index >= 15 is 0 Å². The molecule has 0 radical (unpaired) electrons. The van der Waals surface area contributed by atoms with Crippen molar-refractivity contribution in [3.05, 3.63) is 71.4 Å². The molecule has 0 aliphatic heterocycles. The van der Waals surface area contributed by atoms with Crippen LogP contribution in [0.4, 0.5) is 4.39 Å². The van der Waals surface area contributed by atoms with Crippen LogP contribution in [0.3, 0.4) is 0 Å². The Kier molecular flexibility index (Phi) is 6.56. The van der Waals surface area contributed by atoms with Gasteiger partial charge in [0.05, 0.1) is 6.42 Å². The minimum atomic E-state index is -0.786. The van der Waals surface area contributed by atoms with E-state index in [9.17, 15) is 14.0 Å². The number of ether oxygens (including phenoxy) is 1. The summed E-state index contributed by atoms with van der Waals surface area (Å²) in [5.41, 5.74) is 1.49. The fraction of sp³-hybridized carbons (Fsp3) is 0.273. The van der Waals surface area contributed by atoms with Crippen LogP contribution in [0.25, 0.3) is 11.4 Å². The first kappa shape index (κ1) is 21.2. The lowest BCUT2D eigenvalue weighted by molar-refractivity contribution is -0.150. The highest BCUT2D eigenvalue weighted by atomic mass is 19.1. The molecule has 0 bridgehead atoms. The highest BCUT2D eigenvalue weighted by molar-refractivity contribution is 5.94. The molecule has 0 saturated carbocycles. The summed E-state index contributed by atoms with van der Waals surface area (Å²) in [6.45, 7) is 4.97. The summed E-state index contributed by atoms with van der Waals surface area (Å²) in [4.78, 5) is 28.5. The van der Waals surface area contributed by atoms with Crippen molar-refractivity contribution in [2.24, 2.45) is 0 Å². The fourth-order valence-electron chi connectivity index (χ4n) is 2.74. The lowest BCUT2D eigenvalue weighted by Gasteiger charge is -2.15. The van der Waals surface area contributed by atoms with Gasteiger partial charge >= 0.3 is 5.97 Å². The summed E-state index contributed by atoms with van der Waals surface area (Å²) >= 11 is 0. The minimum Gasteiger partial charge on any atom is -0.452 e. The van der Waals surface area contributed by atoms with Crippen LogP contribution in [0.1, 0.15) is 48.2 Å². The first-order valence-corrected chi connectivity index (χ1v) is 9.49. The number of aromatic nitrogens is 2. The third-order valence-corrected chi connectivity index (χ3v) is 4.41. The van der Waals surface area contributed by atoms with E-state index in [4.69, 9.17) is 9.26 Å². The second-order valence-corrected chi connectivity index (χ2v) is 7.00. The summed E-state index contributed by atoms with van der Waals surface area (Å²) in [5, 5.41) is 6.57. The predicted octanol–water partition coefficient (Wildman–Crippen LogP) is 4.00. The molecule has 7 nitrogen and oxygen atoms in total. The van der Waals surface area contributed by atoms with E-state index in [-0.39, 0.29) is 29.9 Å². The molecule has 1 heterocycles. The Bertz CT molecular complexity index is 1040. The molecule has 1 N–H and O–H groups in total. The number of nitrogens with one attached hydrogen (secondary N) is 1. The lowest BCUT2D eigenvalue weighted by atomic mass is 10.1. The molecule has 3 aromatic rings. The second-order valence-electron chi connectivity index (χ2n) is 7.00. The number of nitrogens with zero attached hydrogens (tertiary/aromatic N) is 2. The van der Waals surface area contributed by atoms with Gasteiger partial charge in [0.25, 0.3) is 11.8 Å². The first-order chi connectivity index (χ1) is 14.3. The van der Waals surface area contributed by atoms with Crippen molar-refractivity contribution in [1.82, 2.24) is 15.5 Å². The van der Waals surface area contributed by atoms with Gasteiger partial charge in [-0.25, -0.2) is 4.39 Å². The number of halogens is 1. The molecule has 0 spiro atoms. The molecule has 0 aliphatic carbocycles. The number of hydrogen-bond donors (Lipinski definition) is 1. The lowest BCUT2D eigenvalue weighted by Crippen LogP contribution is -2.34.